The number of nitrogens with one attached hydrogen (secondary N) is 1. The van der Waals surface area contributed by atoms with Crippen molar-refractivity contribution in [3.8, 4) is 0 Å². The summed E-state index contributed by atoms with van der Waals surface area (Å²) in [7, 11) is 0. The van der Waals surface area contributed by atoms with Gasteiger partial charge in [0, 0.05) is 18.3 Å². The normalized spacial score (nSPS) is 10.7. The van der Waals surface area contributed by atoms with Gasteiger partial charge in [-0.25, -0.2) is 0 Å². The minimum Gasteiger partial charge on any atom is -0.456 e. The third-order valence-corrected chi connectivity index (χ3v) is 4.65. The molecule has 0 saturated carbocycles. The second-order valence-corrected chi connectivity index (χ2v) is 6.41. The first-order valence-electron chi connectivity index (χ1n) is 7.98. The molecular weight excluding hydrogens is 375 g/mol. The molecule has 7 heteroatoms. The fraction of sp³-hybridized carbons (Fsp3) is 0.158. The molecule has 0 fully saturated rings. The van der Waals surface area contributed by atoms with Gasteiger partial charge in [-0.2, -0.15) is 0 Å². The second kappa shape index (κ2) is 8.25. The van der Waals surface area contributed by atoms with E-state index in [-0.39, 0.29) is 18.1 Å². The zero-order valence-electron chi connectivity index (χ0n) is 13.7. The van der Waals surface area contributed by atoms with Crippen molar-refractivity contribution in [2.45, 2.75) is 13.0 Å². The fourth-order valence-corrected chi connectivity index (χ4v) is 2.90. The summed E-state index contributed by atoms with van der Waals surface area (Å²) in [6.07, 6.45) is 2.09. The minimum atomic E-state index is -0.478. The number of hydrogen-bond acceptors (Lipinski definition) is 3. The molecule has 1 amide bonds. The largest absolute Gasteiger partial charge is 0.456 e. The number of aryl methyl sites for hydroxylation is 1. The third-order valence-electron chi connectivity index (χ3n) is 3.83. The molecule has 134 valence electrons. The zero-order valence-corrected chi connectivity index (χ0v) is 15.3. The molecule has 3 aromatic rings. The van der Waals surface area contributed by atoms with Gasteiger partial charge in [0.2, 0.25) is 0 Å². The van der Waals surface area contributed by atoms with Crippen LogP contribution in [0.15, 0.2) is 54.7 Å². The van der Waals surface area contributed by atoms with Gasteiger partial charge in [-0.15, -0.1) is 0 Å². The number of ether oxygens (including phenoxy) is 1. The van der Waals surface area contributed by atoms with Crippen molar-refractivity contribution in [3.63, 3.8) is 0 Å². The van der Waals surface area contributed by atoms with E-state index in [1.807, 2.05) is 41.1 Å². The van der Waals surface area contributed by atoms with E-state index in [1.54, 1.807) is 18.2 Å². The van der Waals surface area contributed by atoms with E-state index in [9.17, 15) is 9.59 Å². The summed E-state index contributed by atoms with van der Waals surface area (Å²) in [5, 5.41) is 4.25. The van der Waals surface area contributed by atoms with Crippen molar-refractivity contribution in [1.82, 2.24) is 4.57 Å². The zero-order chi connectivity index (χ0) is 18.5. The molecule has 3 rings (SSSR count). The molecule has 1 heterocycles. The summed E-state index contributed by atoms with van der Waals surface area (Å²) in [5.41, 5.74) is 1.42. The van der Waals surface area contributed by atoms with Gasteiger partial charge in [0.25, 0.3) is 5.91 Å². The van der Waals surface area contributed by atoms with Gasteiger partial charge in [0.1, 0.15) is 0 Å². The lowest BCUT2D eigenvalue weighted by molar-refractivity contribution is -0.147. The highest BCUT2D eigenvalue weighted by Crippen LogP contribution is 2.29. The van der Waals surface area contributed by atoms with Crippen molar-refractivity contribution < 1.29 is 14.3 Å². The van der Waals surface area contributed by atoms with Crippen LogP contribution >= 0.6 is 23.2 Å². The highest BCUT2D eigenvalue weighted by atomic mass is 35.5. The van der Waals surface area contributed by atoms with E-state index in [1.165, 1.54) is 0 Å². The number of rotatable bonds is 6. The van der Waals surface area contributed by atoms with Crippen LogP contribution in [0, 0.1) is 0 Å². The van der Waals surface area contributed by atoms with Crippen molar-refractivity contribution >= 4 is 51.7 Å². The molecule has 0 saturated heterocycles. The lowest BCUT2D eigenvalue weighted by Gasteiger charge is -2.09. The molecule has 0 bridgehead atoms. The van der Waals surface area contributed by atoms with Crippen LogP contribution in [0.2, 0.25) is 10.0 Å². The number of carbonyl (C=O) groups is 2. The number of esters is 1. The molecule has 0 spiro atoms. The quantitative estimate of drug-likeness (QED) is 0.629. The van der Waals surface area contributed by atoms with E-state index in [0.717, 1.165) is 10.9 Å². The standard InChI is InChI=1S/C19H16Cl2N2O3/c20-14-5-3-6-15(19(14)21)22-17(24)12-26-18(25)9-11-23-10-8-13-4-1-2-7-16(13)23/h1-8,10H,9,11-12H2,(H,22,24). The predicted molar refractivity (Wildman–Crippen MR) is 103 cm³/mol. The Morgan fingerprint density at radius 1 is 1.04 bits per heavy atom. The van der Waals surface area contributed by atoms with Gasteiger partial charge in [-0.1, -0.05) is 47.5 Å². The molecule has 0 aliphatic carbocycles. The Bertz CT molecular complexity index is 953. The maximum Gasteiger partial charge on any atom is 0.308 e. The monoisotopic (exact) mass is 390 g/mol. The summed E-state index contributed by atoms with van der Waals surface area (Å²) >= 11 is 11.9. The average molecular weight is 391 g/mol. The Labute approximate surface area is 160 Å². The highest BCUT2D eigenvalue weighted by Gasteiger charge is 2.11. The van der Waals surface area contributed by atoms with Gasteiger partial charge < -0.3 is 14.6 Å². The van der Waals surface area contributed by atoms with Crippen LogP contribution in [-0.4, -0.2) is 23.1 Å². The van der Waals surface area contributed by atoms with Gasteiger partial charge in [-0.05, 0) is 29.7 Å². The highest BCUT2D eigenvalue weighted by molar-refractivity contribution is 6.44. The van der Waals surface area contributed by atoms with Gasteiger partial charge in [-0.3, -0.25) is 9.59 Å². The van der Waals surface area contributed by atoms with Gasteiger partial charge in [0.05, 0.1) is 22.2 Å². The fourth-order valence-electron chi connectivity index (χ4n) is 2.55. The number of aromatic nitrogens is 1. The molecule has 0 radical (unpaired) electrons. The number of fused-ring (bicyclic) bond motifs is 1. The Hall–Kier alpha value is -2.50. The summed E-state index contributed by atoms with van der Waals surface area (Å²) in [6.45, 7) is 0.0994. The lowest BCUT2D eigenvalue weighted by Crippen LogP contribution is -2.21. The van der Waals surface area contributed by atoms with E-state index >= 15 is 0 Å². The number of anilines is 1. The van der Waals surface area contributed by atoms with Crippen molar-refractivity contribution in [3.05, 3.63) is 64.8 Å². The van der Waals surface area contributed by atoms with Crippen LogP contribution in [0.4, 0.5) is 5.69 Å². The lowest BCUT2D eigenvalue weighted by atomic mass is 10.2. The molecule has 0 aliphatic rings. The first-order valence-corrected chi connectivity index (χ1v) is 8.73. The van der Waals surface area contributed by atoms with Crippen LogP contribution in [0.25, 0.3) is 10.9 Å². The molecule has 1 aromatic heterocycles. The molecule has 2 aromatic carbocycles. The number of benzene rings is 2. The summed E-state index contributed by atoms with van der Waals surface area (Å²) < 4.78 is 6.99. The Kier molecular flexibility index (Phi) is 5.81. The number of carbonyl (C=O) groups excluding carboxylic acids is 2. The summed E-state index contributed by atoms with van der Waals surface area (Å²) in [6, 6.07) is 14.8. The van der Waals surface area contributed by atoms with Gasteiger partial charge >= 0.3 is 5.97 Å². The average Bonchev–Trinajstić information content (AvgIpc) is 3.05. The van der Waals surface area contributed by atoms with Gasteiger partial charge in [0.15, 0.2) is 6.61 Å². The molecule has 26 heavy (non-hydrogen) atoms. The summed E-state index contributed by atoms with van der Waals surface area (Å²) in [4.78, 5) is 23.8. The van der Waals surface area contributed by atoms with Crippen LogP contribution in [0.3, 0.4) is 0 Å². The number of amides is 1. The van der Waals surface area contributed by atoms with E-state index in [2.05, 4.69) is 5.32 Å². The van der Waals surface area contributed by atoms with E-state index in [0.29, 0.717) is 17.3 Å². The predicted octanol–water partition coefficient (Wildman–Crippen LogP) is 4.52. The maximum absolute atomic E-state index is 11.9. The number of nitrogens with zero attached hydrogens (tertiary/aromatic N) is 1. The molecule has 5 nitrogen and oxygen atoms in total. The first kappa shape index (κ1) is 18.3. The Balaban J connectivity index is 1.48. The number of para-hydroxylation sites is 1. The molecule has 0 aliphatic heterocycles. The maximum atomic E-state index is 11.9. The van der Waals surface area contributed by atoms with Crippen LogP contribution in [0.5, 0.6) is 0 Å². The number of halogens is 2. The molecule has 0 atom stereocenters. The Morgan fingerprint density at radius 3 is 2.69 bits per heavy atom. The number of hydrogen-bond donors (Lipinski definition) is 1. The smallest absolute Gasteiger partial charge is 0.308 e. The van der Waals surface area contributed by atoms with Crippen LogP contribution in [0.1, 0.15) is 6.42 Å². The van der Waals surface area contributed by atoms with Crippen LogP contribution < -0.4 is 5.32 Å². The third kappa shape index (κ3) is 4.36. The van der Waals surface area contributed by atoms with Crippen LogP contribution in [-0.2, 0) is 20.9 Å². The van der Waals surface area contributed by atoms with E-state index < -0.39 is 11.9 Å². The minimum absolute atomic E-state index is 0.171. The van der Waals surface area contributed by atoms with Crippen molar-refractivity contribution in [1.29, 1.82) is 0 Å². The topological polar surface area (TPSA) is 60.3 Å². The first-order chi connectivity index (χ1) is 12.5. The van der Waals surface area contributed by atoms with E-state index in [4.69, 9.17) is 27.9 Å². The molecule has 1 N–H and O–H groups in total. The van der Waals surface area contributed by atoms with Crippen molar-refractivity contribution in [2.24, 2.45) is 0 Å². The second-order valence-electron chi connectivity index (χ2n) is 5.63. The molecular formula is C19H16Cl2N2O3. The Morgan fingerprint density at radius 2 is 1.85 bits per heavy atom. The summed E-state index contributed by atoms with van der Waals surface area (Å²) in [5.74, 6) is -0.927. The van der Waals surface area contributed by atoms with Crippen molar-refractivity contribution in [2.75, 3.05) is 11.9 Å². The molecule has 0 unspecified atom stereocenters. The SMILES string of the molecule is O=C(COC(=O)CCn1ccc2ccccc21)Nc1cccc(Cl)c1Cl.